The van der Waals surface area contributed by atoms with Crippen molar-refractivity contribution in [2.45, 2.75) is 77.0 Å². The van der Waals surface area contributed by atoms with Gasteiger partial charge < -0.3 is 18.8 Å². The van der Waals surface area contributed by atoms with E-state index in [-0.39, 0.29) is 11.1 Å². The fraction of sp³-hybridized carbons (Fsp3) is 0.778. The molecule has 2 rings (SSSR count). The molecule has 0 bridgehead atoms. The van der Waals surface area contributed by atoms with Crippen molar-refractivity contribution >= 4 is 8.32 Å². The molecule has 2 fully saturated rings. The van der Waals surface area contributed by atoms with E-state index < -0.39 is 14.1 Å². The van der Waals surface area contributed by atoms with Gasteiger partial charge in [-0.15, -0.1) is 0 Å². The molecule has 1 spiro atoms. The van der Waals surface area contributed by atoms with Crippen molar-refractivity contribution in [1.82, 2.24) is 4.90 Å². The summed E-state index contributed by atoms with van der Waals surface area (Å²) in [7, 11) is -1.73. The molecule has 2 aliphatic heterocycles. The van der Waals surface area contributed by atoms with E-state index in [1.807, 2.05) is 12.2 Å². The minimum atomic E-state index is -1.73. The Bertz CT molecular complexity index is 465. The van der Waals surface area contributed by atoms with Crippen LogP contribution < -0.4 is 0 Å². The maximum Gasteiger partial charge on any atom is 0.244 e. The van der Waals surface area contributed by atoms with Crippen LogP contribution in [0.3, 0.4) is 0 Å². The smallest absolute Gasteiger partial charge is 0.244 e. The monoisotopic (exact) mass is 339 g/mol. The third kappa shape index (κ3) is 4.01. The van der Waals surface area contributed by atoms with Crippen molar-refractivity contribution in [2.75, 3.05) is 13.2 Å². The molecular weight excluding hydrogens is 306 g/mol. The van der Waals surface area contributed by atoms with Crippen LogP contribution in [0.4, 0.5) is 0 Å². The molecule has 0 aromatic carbocycles. The minimum Gasteiger partial charge on any atom is -0.533 e. The molecule has 5 heteroatoms. The molecule has 0 aromatic rings. The van der Waals surface area contributed by atoms with Crippen LogP contribution in [0.1, 0.15) is 40.5 Å². The highest BCUT2D eigenvalue weighted by Crippen LogP contribution is 2.49. The molecule has 0 amide bonds. The Morgan fingerprint density at radius 1 is 1.04 bits per heavy atom. The molecule has 132 valence electrons. The molecule has 0 aromatic heterocycles. The third-order valence-electron chi connectivity index (χ3n) is 4.32. The van der Waals surface area contributed by atoms with Gasteiger partial charge in [0.05, 0.1) is 13.2 Å². The van der Waals surface area contributed by atoms with E-state index in [1.165, 1.54) is 0 Å². The first-order chi connectivity index (χ1) is 10.4. The Labute approximate surface area is 142 Å². The van der Waals surface area contributed by atoms with Crippen molar-refractivity contribution < 1.29 is 13.9 Å². The highest BCUT2D eigenvalue weighted by Gasteiger charge is 2.56. The number of likely N-dealkylation sites (tertiary alicyclic amines) is 1. The Hall–Kier alpha value is -0.783. The van der Waals surface area contributed by atoms with Gasteiger partial charge in [0.25, 0.3) is 0 Å². The van der Waals surface area contributed by atoms with E-state index in [4.69, 9.17) is 13.9 Å². The van der Waals surface area contributed by atoms with Crippen LogP contribution in [-0.4, -0.2) is 43.3 Å². The largest absolute Gasteiger partial charge is 0.533 e. The zero-order valence-corrected chi connectivity index (χ0v) is 16.9. The minimum absolute atomic E-state index is 0.138. The SMILES string of the molecule is C=C/C=C(/O[Si](C)(C)C)N1C(C)(C)CC2(CC1(C)C)OCCO2. The predicted octanol–water partition coefficient (Wildman–Crippen LogP) is 4.26. The van der Waals surface area contributed by atoms with Crippen LogP contribution in [0.2, 0.25) is 19.6 Å². The molecule has 0 atom stereocenters. The average molecular weight is 340 g/mol. The molecule has 2 heterocycles. The second-order valence-electron chi connectivity index (χ2n) is 8.88. The highest BCUT2D eigenvalue weighted by molar-refractivity contribution is 6.70. The maximum absolute atomic E-state index is 6.41. The number of rotatable bonds is 4. The first kappa shape index (κ1) is 18.6. The van der Waals surface area contributed by atoms with E-state index in [1.54, 1.807) is 0 Å². The fourth-order valence-corrected chi connectivity index (χ4v) is 5.01. The van der Waals surface area contributed by atoms with Crippen LogP contribution in [0.15, 0.2) is 24.6 Å². The van der Waals surface area contributed by atoms with E-state index in [0.717, 1.165) is 18.7 Å². The van der Waals surface area contributed by atoms with Crippen molar-refractivity contribution in [3.63, 3.8) is 0 Å². The van der Waals surface area contributed by atoms with Gasteiger partial charge in [-0.2, -0.15) is 0 Å². The van der Waals surface area contributed by atoms with E-state index in [0.29, 0.717) is 13.2 Å². The molecule has 0 saturated carbocycles. The van der Waals surface area contributed by atoms with Crippen LogP contribution in [-0.2, 0) is 13.9 Å². The molecule has 2 aliphatic rings. The zero-order valence-electron chi connectivity index (χ0n) is 15.9. The highest BCUT2D eigenvalue weighted by atomic mass is 28.4. The van der Waals surface area contributed by atoms with Gasteiger partial charge >= 0.3 is 0 Å². The molecule has 0 unspecified atom stereocenters. The summed E-state index contributed by atoms with van der Waals surface area (Å²) in [4.78, 5) is 2.40. The molecule has 4 nitrogen and oxygen atoms in total. The lowest BCUT2D eigenvalue weighted by Crippen LogP contribution is -2.65. The van der Waals surface area contributed by atoms with E-state index >= 15 is 0 Å². The summed E-state index contributed by atoms with van der Waals surface area (Å²) in [5.41, 5.74) is -0.277. The summed E-state index contributed by atoms with van der Waals surface area (Å²) in [5, 5.41) is 0. The normalized spacial score (nSPS) is 26.4. The predicted molar refractivity (Wildman–Crippen MR) is 96.6 cm³/mol. The third-order valence-corrected chi connectivity index (χ3v) is 5.14. The number of hydrogen-bond donors (Lipinski definition) is 0. The molecule has 0 aliphatic carbocycles. The van der Waals surface area contributed by atoms with Crippen molar-refractivity contribution in [3.8, 4) is 0 Å². The van der Waals surface area contributed by atoms with Gasteiger partial charge in [-0.25, -0.2) is 0 Å². The standard InChI is InChI=1S/C18H33NO3Si/c1-9-10-15(22-23(6,7)8)19-16(2,3)13-18(14-17(19,4)5)20-11-12-21-18/h9-10H,1,11-14H2,2-8H3/b15-10+. The van der Waals surface area contributed by atoms with Crippen LogP contribution in [0, 0.1) is 0 Å². The molecular formula is C18H33NO3Si. The summed E-state index contributed by atoms with van der Waals surface area (Å²) in [6.45, 7) is 20.8. The Balaban J connectivity index is 2.39. The quantitative estimate of drug-likeness (QED) is 0.435. The van der Waals surface area contributed by atoms with Crippen LogP contribution >= 0.6 is 0 Å². The van der Waals surface area contributed by atoms with E-state index in [2.05, 4.69) is 58.8 Å². The second-order valence-corrected chi connectivity index (χ2v) is 13.3. The van der Waals surface area contributed by atoms with Gasteiger partial charge in [-0.05, 0) is 53.4 Å². The summed E-state index contributed by atoms with van der Waals surface area (Å²) < 4.78 is 18.5. The lowest BCUT2D eigenvalue weighted by Gasteiger charge is -2.59. The van der Waals surface area contributed by atoms with Crippen molar-refractivity contribution in [3.05, 3.63) is 24.6 Å². The van der Waals surface area contributed by atoms with Crippen molar-refractivity contribution in [2.24, 2.45) is 0 Å². The molecule has 23 heavy (non-hydrogen) atoms. The number of allylic oxidation sites excluding steroid dienone is 2. The van der Waals surface area contributed by atoms with E-state index in [9.17, 15) is 0 Å². The first-order valence-electron chi connectivity index (χ1n) is 8.51. The summed E-state index contributed by atoms with van der Waals surface area (Å²) in [5.74, 6) is 0.462. The molecule has 2 saturated heterocycles. The van der Waals surface area contributed by atoms with Crippen LogP contribution in [0.25, 0.3) is 0 Å². The van der Waals surface area contributed by atoms with Crippen LogP contribution in [0.5, 0.6) is 0 Å². The fourth-order valence-electron chi connectivity index (χ4n) is 4.22. The van der Waals surface area contributed by atoms with Gasteiger partial charge in [-0.3, -0.25) is 0 Å². The number of nitrogens with zero attached hydrogens (tertiary/aromatic N) is 1. The molecule has 0 radical (unpaired) electrons. The van der Waals surface area contributed by atoms with Gasteiger partial charge in [0.1, 0.15) is 0 Å². The summed E-state index contributed by atoms with van der Waals surface area (Å²) >= 11 is 0. The number of ether oxygens (including phenoxy) is 2. The number of hydrogen-bond acceptors (Lipinski definition) is 4. The lowest BCUT2D eigenvalue weighted by atomic mass is 9.76. The summed E-state index contributed by atoms with van der Waals surface area (Å²) in [6, 6.07) is 0. The topological polar surface area (TPSA) is 30.9 Å². The average Bonchev–Trinajstić information content (AvgIpc) is 2.70. The summed E-state index contributed by atoms with van der Waals surface area (Å²) in [6.07, 6.45) is 5.46. The lowest BCUT2D eigenvalue weighted by molar-refractivity contribution is -0.237. The van der Waals surface area contributed by atoms with Crippen molar-refractivity contribution in [1.29, 1.82) is 0 Å². The van der Waals surface area contributed by atoms with Gasteiger partial charge in [-0.1, -0.05) is 12.7 Å². The molecule has 0 N–H and O–H groups in total. The zero-order chi connectivity index (χ0) is 17.5. The Kier molecular flexibility index (Phi) is 4.79. The Morgan fingerprint density at radius 2 is 1.52 bits per heavy atom. The number of piperidine rings is 1. The maximum atomic E-state index is 6.41. The van der Waals surface area contributed by atoms with Gasteiger partial charge in [0.2, 0.25) is 8.32 Å². The first-order valence-corrected chi connectivity index (χ1v) is 11.9. The Morgan fingerprint density at radius 3 is 1.91 bits per heavy atom. The van der Waals surface area contributed by atoms with Gasteiger partial charge in [0.15, 0.2) is 11.7 Å². The van der Waals surface area contributed by atoms with Gasteiger partial charge in [0, 0.05) is 23.9 Å². The second kappa shape index (κ2) is 5.94.